The van der Waals surface area contributed by atoms with Crippen LogP contribution in [0.2, 0.25) is 0 Å². The van der Waals surface area contributed by atoms with Crippen LogP contribution in [0.15, 0.2) is 0 Å². The van der Waals surface area contributed by atoms with Crippen molar-refractivity contribution in [3.8, 4) is 12.8 Å². The zero-order valence-electron chi connectivity index (χ0n) is 1.15. The van der Waals surface area contributed by atoms with Gasteiger partial charge in [-0.3, -0.25) is 0 Å². The average Bonchev–Trinajstić information content (AvgIpc) is 1.00. The van der Waals surface area contributed by atoms with Gasteiger partial charge in [-0.15, -0.1) is 12.8 Å². The Hall–Kier alpha value is 0.690. The van der Waals surface area contributed by atoms with Crippen molar-refractivity contribution in [2.45, 2.75) is 0 Å². The van der Waals surface area contributed by atoms with Gasteiger partial charge < -0.3 is 0 Å². The van der Waals surface area contributed by atoms with Crippen LogP contribution in [0.25, 0.3) is 0 Å². The molecule has 4 heavy (non-hydrogen) atoms. The summed E-state index contributed by atoms with van der Waals surface area (Å²) in [5.41, 5.74) is 0. The fourth-order valence-electron chi connectivity index (χ4n) is 0. The molecule has 18 valence electrons. The van der Waals surface area contributed by atoms with Gasteiger partial charge in [0, 0.05) is 0 Å². The van der Waals surface area contributed by atoms with Gasteiger partial charge in [-0.25, -0.2) is 0 Å². The first-order valence-electron chi connectivity index (χ1n) is 0.333. The van der Waals surface area contributed by atoms with Gasteiger partial charge in [0.1, 0.15) is 0 Å². The molecule has 0 aromatic heterocycles. The number of terminal acetylenes is 1. The van der Waals surface area contributed by atoms with E-state index in [0.717, 1.165) is 0 Å². The SMILES string of the molecule is C#C.[AlH3].[LiH]. The quantitative estimate of drug-likeness (QED) is 0.235. The number of rotatable bonds is 0. The van der Waals surface area contributed by atoms with Crippen LogP contribution in [0.3, 0.4) is 0 Å². The predicted molar refractivity (Wildman–Crippen MR) is 27.0 cm³/mol. The molecule has 0 aliphatic rings. The minimum atomic E-state index is 0. The second-order valence-electron chi connectivity index (χ2n) is 0. The van der Waals surface area contributed by atoms with E-state index in [-0.39, 0.29) is 36.2 Å². The van der Waals surface area contributed by atoms with Crippen LogP contribution in [0.1, 0.15) is 0 Å². The number of hydrogen-bond acceptors (Lipinski definition) is 0. The van der Waals surface area contributed by atoms with E-state index in [4.69, 9.17) is 0 Å². The summed E-state index contributed by atoms with van der Waals surface area (Å²) in [6, 6.07) is 0. The molecule has 0 radical (unpaired) electrons. The Bertz CT molecular complexity index is 10.8. The van der Waals surface area contributed by atoms with E-state index in [2.05, 4.69) is 12.8 Å². The topological polar surface area (TPSA) is 0 Å². The van der Waals surface area contributed by atoms with Crippen LogP contribution in [-0.4, -0.2) is 36.2 Å². The van der Waals surface area contributed by atoms with Crippen molar-refractivity contribution < 1.29 is 0 Å². The Morgan fingerprint density at radius 2 is 1.00 bits per heavy atom. The molecule has 0 rings (SSSR count). The van der Waals surface area contributed by atoms with Crippen molar-refractivity contribution in [3.05, 3.63) is 0 Å². The molecule has 0 bridgehead atoms. The molecular formula is C2H6AlLi. The van der Waals surface area contributed by atoms with Crippen LogP contribution in [0.5, 0.6) is 0 Å². The average molecular weight is 64.0 g/mol. The standard InChI is InChI=1S/C2H2.Al.Li.4H/c1-2;;;;;;/h1-2H;;;;;;. The Labute approximate surface area is 49.3 Å². The van der Waals surface area contributed by atoms with Crippen molar-refractivity contribution in [3.63, 3.8) is 0 Å². The third-order valence-electron chi connectivity index (χ3n) is 0. The molecule has 0 heterocycles. The van der Waals surface area contributed by atoms with Gasteiger partial charge in [0.25, 0.3) is 0 Å². The van der Waals surface area contributed by atoms with E-state index in [9.17, 15) is 0 Å². The van der Waals surface area contributed by atoms with Crippen molar-refractivity contribution >= 4 is 36.2 Å². The summed E-state index contributed by atoms with van der Waals surface area (Å²) in [6.45, 7) is 0. The van der Waals surface area contributed by atoms with E-state index < -0.39 is 0 Å². The molecule has 0 aromatic carbocycles. The van der Waals surface area contributed by atoms with Crippen LogP contribution in [0.4, 0.5) is 0 Å². The van der Waals surface area contributed by atoms with Crippen molar-refractivity contribution in [2.75, 3.05) is 0 Å². The van der Waals surface area contributed by atoms with Crippen LogP contribution in [-0.2, 0) is 0 Å². The van der Waals surface area contributed by atoms with Crippen molar-refractivity contribution in [1.29, 1.82) is 0 Å². The Morgan fingerprint density at radius 3 is 1.00 bits per heavy atom. The molecule has 0 atom stereocenters. The molecule has 0 saturated carbocycles. The Morgan fingerprint density at radius 1 is 1.00 bits per heavy atom. The summed E-state index contributed by atoms with van der Waals surface area (Å²) in [7, 11) is 0. The summed E-state index contributed by atoms with van der Waals surface area (Å²) < 4.78 is 0. The fourth-order valence-corrected chi connectivity index (χ4v) is 0. The second kappa shape index (κ2) is 56.1. The van der Waals surface area contributed by atoms with Crippen LogP contribution in [0, 0.1) is 12.8 Å². The Kier molecular flexibility index (Phi) is 314. The maximum absolute atomic E-state index is 4.00. The zero-order valence-corrected chi connectivity index (χ0v) is 1.15. The van der Waals surface area contributed by atoms with Gasteiger partial charge >= 0.3 is 18.9 Å². The first kappa shape index (κ1) is 22.4. The van der Waals surface area contributed by atoms with Gasteiger partial charge in [-0.1, -0.05) is 0 Å². The molecule has 0 fully saturated rings. The summed E-state index contributed by atoms with van der Waals surface area (Å²) in [4.78, 5) is 0. The molecule has 0 N–H and O–H groups in total. The third kappa shape index (κ3) is 16.1. The van der Waals surface area contributed by atoms with Crippen molar-refractivity contribution in [1.82, 2.24) is 0 Å². The molecule has 0 saturated heterocycles. The molecule has 0 spiro atoms. The van der Waals surface area contributed by atoms with Gasteiger partial charge in [-0.05, 0) is 0 Å². The summed E-state index contributed by atoms with van der Waals surface area (Å²) >= 11 is 0. The van der Waals surface area contributed by atoms with Gasteiger partial charge in [0.15, 0.2) is 17.4 Å². The molecule has 0 unspecified atom stereocenters. The van der Waals surface area contributed by atoms with Crippen LogP contribution >= 0.6 is 0 Å². The normalized spacial score (nSPS) is 0.500. The van der Waals surface area contributed by atoms with E-state index in [0.29, 0.717) is 0 Å². The third-order valence-corrected chi connectivity index (χ3v) is 0. The minimum absolute atomic E-state index is 0. The monoisotopic (exact) mass is 64.0 g/mol. The first-order chi connectivity index (χ1) is 1.00. The second-order valence-corrected chi connectivity index (χ2v) is 0. The zero-order chi connectivity index (χ0) is 2.00. The predicted octanol–water partition coefficient (Wildman–Crippen LogP) is -1.58. The summed E-state index contributed by atoms with van der Waals surface area (Å²) in [6.07, 6.45) is 8.00. The molecule has 0 aliphatic carbocycles. The maximum atomic E-state index is 4.00. The van der Waals surface area contributed by atoms with Crippen LogP contribution < -0.4 is 0 Å². The first-order valence-corrected chi connectivity index (χ1v) is 0.333. The van der Waals surface area contributed by atoms with Crippen molar-refractivity contribution in [2.24, 2.45) is 0 Å². The van der Waals surface area contributed by atoms with E-state index in [1.54, 1.807) is 0 Å². The molecule has 0 nitrogen and oxygen atoms in total. The fraction of sp³-hybridized carbons (Fsp3) is 0. The van der Waals surface area contributed by atoms with E-state index in [1.165, 1.54) is 0 Å². The Balaban J connectivity index is -0.00000000500. The molecule has 0 amide bonds. The van der Waals surface area contributed by atoms with Gasteiger partial charge in [-0.2, -0.15) is 0 Å². The number of hydrogen-bond donors (Lipinski definition) is 0. The van der Waals surface area contributed by atoms with E-state index >= 15 is 0 Å². The van der Waals surface area contributed by atoms with Gasteiger partial charge in [0.2, 0.25) is 0 Å². The molecule has 0 aromatic rings. The molecular weight excluding hydrogens is 57.9 g/mol. The summed E-state index contributed by atoms with van der Waals surface area (Å²) in [5.74, 6) is 0. The van der Waals surface area contributed by atoms with E-state index in [1.807, 2.05) is 0 Å². The summed E-state index contributed by atoms with van der Waals surface area (Å²) in [5, 5.41) is 0. The molecule has 2 heteroatoms. The molecule has 0 aliphatic heterocycles. The van der Waals surface area contributed by atoms with Gasteiger partial charge in [0.05, 0.1) is 0 Å².